The molecule has 0 N–H and O–H groups in total. The second-order valence-electron chi connectivity index (χ2n) is 2.60. The lowest BCUT2D eigenvalue weighted by molar-refractivity contribution is -0.105. The fourth-order valence-electron chi connectivity index (χ4n) is 0.775. The molecule has 1 aromatic rings. The standard InChI is InChI=1S/C8H4BrF4IS/c9-4-1-5(10)6(14)2-7(4)15-3-8(11,12)13/h1-2H,3H2. The molecule has 0 aliphatic rings. The Kier molecular flexibility index (Phi) is 4.72. The number of benzene rings is 1. The molecule has 15 heavy (non-hydrogen) atoms. The summed E-state index contributed by atoms with van der Waals surface area (Å²) in [6.45, 7) is 0. The van der Waals surface area contributed by atoms with Gasteiger partial charge in [-0.05, 0) is 50.7 Å². The third kappa shape index (κ3) is 4.48. The molecule has 7 heteroatoms. The fourth-order valence-corrected chi connectivity index (χ4v) is 2.83. The van der Waals surface area contributed by atoms with E-state index in [0.29, 0.717) is 24.7 Å². The van der Waals surface area contributed by atoms with E-state index in [1.54, 1.807) is 22.6 Å². The van der Waals surface area contributed by atoms with Crippen molar-refractivity contribution >= 4 is 50.3 Å². The average Bonchev–Trinajstić information content (AvgIpc) is 2.07. The van der Waals surface area contributed by atoms with Gasteiger partial charge in [0.1, 0.15) is 5.82 Å². The van der Waals surface area contributed by atoms with Gasteiger partial charge in [0.25, 0.3) is 0 Å². The molecule has 0 aliphatic carbocycles. The van der Waals surface area contributed by atoms with Crippen LogP contribution >= 0.6 is 50.3 Å². The van der Waals surface area contributed by atoms with Crippen LogP contribution < -0.4 is 0 Å². The van der Waals surface area contributed by atoms with Crippen LogP contribution in [0.25, 0.3) is 0 Å². The minimum Gasteiger partial charge on any atom is -0.206 e. The molecule has 0 radical (unpaired) electrons. The van der Waals surface area contributed by atoms with Gasteiger partial charge in [0.2, 0.25) is 0 Å². The predicted molar refractivity (Wildman–Crippen MR) is 63.6 cm³/mol. The number of hydrogen-bond acceptors (Lipinski definition) is 1. The maximum absolute atomic E-state index is 13.0. The first kappa shape index (κ1) is 13.6. The Morgan fingerprint density at radius 1 is 1.33 bits per heavy atom. The van der Waals surface area contributed by atoms with E-state index in [-0.39, 0.29) is 0 Å². The Bertz CT molecular complexity index is 366. The van der Waals surface area contributed by atoms with Crippen molar-refractivity contribution in [3.05, 3.63) is 26.0 Å². The van der Waals surface area contributed by atoms with Crippen LogP contribution in [0.3, 0.4) is 0 Å². The van der Waals surface area contributed by atoms with E-state index in [9.17, 15) is 17.6 Å². The van der Waals surface area contributed by atoms with Crippen molar-refractivity contribution in [2.75, 3.05) is 5.75 Å². The van der Waals surface area contributed by atoms with Crippen molar-refractivity contribution in [1.29, 1.82) is 0 Å². The van der Waals surface area contributed by atoms with E-state index in [2.05, 4.69) is 15.9 Å². The van der Waals surface area contributed by atoms with Gasteiger partial charge in [0.05, 0.1) is 5.75 Å². The minimum atomic E-state index is -4.22. The van der Waals surface area contributed by atoms with Crippen molar-refractivity contribution in [1.82, 2.24) is 0 Å². The normalized spacial score (nSPS) is 11.9. The van der Waals surface area contributed by atoms with E-state index in [1.807, 2.05) is 0 Å². The molecule has 0 spiro atoms. The van der Waals surface area contributed by atoms with Crippen LogP contribution in [0, 0.1) is 9.39 Å². The summed E-state index contributed by atoms with van der Waals surface area (Å²) in [5.41, 5.74) is 0. The summed E-state index contributed by atoms with van der Waals surface area (Å²) < 4.78 is 49.4. The molecule has 1 aromatic carbocycles. The minimum absolute atomic E-state index is 0.306. The molecule has 0 nitrogen and oxygen atoms in total. The van der Waals surface area contributed by atoms with Gasteiger partial charge < -0.3 is 0 Å². The Morgan fingerprint density at radius 3 is 2.47 bits per heavy atom. The van der Waals surface area contributed by atoms with Crippen LogP contribution in [-0.4, -0.2) is 11.9 Å². The van der Waals surface area contributed by atoms with Crippen molar-refractivity contribution in [3.8, 4) is 0 Å². The highest BCUT2D eigenvalue weighted by molar-refractivity contribution is 14.1. The smallest absolute Gasteiger partial charge is 0.206 e. The second kappa shape index (κ2) is 5.22. The lowest BCUT2D eigenvalue weighted by Crippen LogP contribution is -2.10. The van der Waals surface area contributed by atoms with Crippen LogP contribution in [0.1, 0.15) is 0 Å². The third-order valence-electron chi connectivity index (χ3n) is 1.37. The first-order valence-corrected chi connectivity index (χ1v) is 6.49. The second-order valence-corrected chi connectivity index (χ2v) is 5.63. The SMILES string of the molecule is Fc1cc(Br)c(SCC(F)(F)F)cc1I. The van der Waals surface area contributed by atoms with Crippen LogP contribution in [0.5, 0.6) is 0 Å². The zero-order chi connectivity index (χ0) is 11.6. The maximum atomic E-state index is 13.0. The lowest BCUT2D eigenvalue weighted by Gasteiger charge is -2.08. The van der Waals surface area contributed by atoms with Gasteiger partial charge in [-0.2, -0.15) is 13.2 Å². The maximum Gasteiger partial charge on any atom is 0.398 e. The molecular weight excluding hydrogens is 411 g/mol. The van der Waals surface area contributed by atoms with Gasteiger partial charge in [-0.15, -0.1) is 11.8 Å². The summed E-state index contributed by atoms with van der Waals surface area (Å²) in [6.07, 6.45) is -4.22. The molecule has 0 saturated carbocycles. The molecule has 0 aromatic heterocycles. The Morgan fingerprint density at radius 2 is 1.93 bits per heavy atom. The molecule has 0 amide bonds. The molecule has 0 aliphatic heterocycles. The summed E-state index contributed by atoms with van der Waals surface area (Å²) in [4.78, 5) is 0.387. The number of alkyl halides is 3. The summed E-state index contributed by atoms with van der Waals surface area (Å²) in [5.74, 6) is -1.42. The molecule has 0 unspecified atom stereocenters. The highest BCUT2D eigenvalue weighted by Gasteiger charge is 2.27. The van der Waals surface area contributed by atoms with E-state index < -0.39 is 17.7 Å². The molecule has 0 heterocycles. The fraction of sp³-hybridized carbons (Fsp3) is 0.250. The monoisotopic (exact) mass is 414 g/mol. The zero-order valence-electron chi connectivity index (χ0n) is 7.04. The topological polar surface area (TPSA) is 0 Å². The molecular formula is C8H4BrF4IS. The van der Waals surface area contributed by atoms with Crippen LogP contribution in [0.2, 0.25) is 0 Å². The summed E-state index contributed by atoms with van der Waals surface area (Å²) in [6, 6.07) is 2.55. The van der Waals surface area contributed by atoms with E-state index >= 15 is 0 Å². The van der Waals surface area contributed by atoms with E-state index in [0.717, 1.165) is 0 Å². The summed E-state index contributed by atoms with van der Waals surface area (Å²) in [5, 5.41) is 0. The van der Waals surface area contributed by atoms with Crippen molar-refractivity contribution in [2.24, 2.45) is 0 Å². The molecule has 84 valence electrons. The number of halogens is 6. The van der Waals surface area contributed by atoms with E-state index in [4.69, 9.17) is 0 Å². The van der Waals surface area contributed by atoms with Gasteiger partial charge in [0, 0.05) is 12.9 Å². The largest absolute Gasteiger partial charge is 0.398 e. The quantitative estimate of drug-likeness (QED) is 0.288. The van der Waals surface area contributed by atoms with Crippen molar-refractivity contribution < 1.29 is 17.6 Å². The lowest BCUT2D eigenvalue weighted by atomic mass is 10.3. The number of thioether (sulfide) groups is 1. The van der Waals surface area contributed by atoms with Crippen LogP contribution in [-0.2, 0) is 0 Å². The molecule has 1 rings (SSSR count). The van der Waals surface area contributed by atoms with Gasteiger partial charge in [-0.3, -0.25) is 0 Å². The molecule has 0 fully saturated rings. The average molecular weight is 415 g/mol. The van der Waals surface area contributed by atoms with Gasteiger partial charge in [-0.25, -0.2) is 4.39 Å². The highest BCUT2D eigenvalue weighted by Crippen LogP contribution is 2.34. The predicted octanol–water partition coefficient (Wildman–Crippen LogP) is 4.85. The van der Waals surface area contributed by atoms with Crippen LogP contribution in [0.4, 0.5) is 17.6 Å². The first-order valence-electron chi connectivity index (χ1n) is 3.63. The third-order valence-corrected chi connectivity index (χ3v) is 4.23. The Labute approximate surface area is 110 Å². The summed E-state index contributed by atoms with van der Waals surface area (Å²) >= 11 is 5.39. The number of hydrogen-bond donors (Lipinski definition) is 0. The molecule has 0 bridgehead atoms. The summed E-state index contributed by atoms with van der Waals surface area (Å²) in [7, 11) is 0. The van der Waals surface area contributed by atoms with E-state index in [1.165, 1.54) is 12.1 Å². The van der Waals surface area contributed by atoms with Gasteiger partial charge in [0.15, 0.2) is 0 Å². The molecule has 0 atom stereocenters. The van der Waals surface area contributed by atoms with Gasteiger partial charge >= 0.3 is 6.18 Å². The van der Waals surface area contributed by atoms with Crippen molar-refractivity contribution in [2.45, 2.75) is 11.1 Å². The van der Waals surface area contributed by atoms with Gasteiger partial charge in [-0.1, -0.05) is 0 Å². The zero-order valence-corrected chi connectivity index (χ0v) is 11.6. The Balaban J connectivity index is 2.82. The number of rotatable bonds is 2. The Hall–Kier alpha value is 0.500. The first-order chi connectivity index (χ1) is 6.79. The molecule has 0 saturated heterocycles. The van der Waals surface area contributed by atoms with Crippen molar-refractivity contribution in [3.63, 3.8) is 0 Å². The highest BCUT2D eigenvalue weighted by atomic mass is 127. The van der Waals surface area contributed by atoms with Crippen LogP contribution in [0.15, 0.2) is 21.5 Å².